The molecule has 1 saturated heterocycles. The maximum absolute atomic E-state index is 13.0. The maximum Gasteiger partial charge on any atom is 0.276 e. The Morgan fingerprint density at radius 2 is 2.00 bits per heavy atom. The van der Waals surface area contributed by atoms with Gasteiger partial charge in [0.2, 0.25) is 0 Å². The van der Waals surface area contributed by atoms with E-state index >= 15 is 0 Å². The molecule has 6 nitrogen and oxygen atoms in total. The number of nitrogens with zero attached hydrogens (tertiary/aromatic N) is 4. The van der Waals surface area contributed by atoms with Gasteiger partial charge in [0, 0.05) is 6.54 Å². The molecule has 1 atom stereocenters. The van der Waals surface area contributed by atoms with E-state index in [9.17, 15) is 4.79 Å². The van der Waals surface area contributed by atoms with Crippen LogP contribution < -0.4 is 4.74 Å². The second-order valence-electron chi connectivity index (χ2n) is 6.29. The lowest BCUT2D eigenvalue weighted by Crippen LogP contribution is -2.31. The number of para-hydroxylation sites is 1. The van der Waals surface area contributed by atoms with E-state index in [-0.39, 0.29) is 11.9 Å². The van der Waals surface area contributed by atoms with E-state index < -0.39 is 0 Å². The minimum Gasteiger partial charge on any atom is -0.497 e. The second kappa shape index (κ2) is 7.00. The molecule has 1 amide bonds. The van der Waals surface area contributed by atoms with E-state index in [0.29, 0.717) is 5.69 Å². The van der Waals surface area contributed by atoms with Gasteiger partial charge in [0.15, 0.2) is 5.69 Å². The number of carbonyl (C=O) groups excluding carboxylic acids is 1. The third-order valence-electron chi connectivity index (χ3n) is 4.69. The molecule has 1 aliphatic heterocycles. The van der Waals surface area contributed by atoms with E-state index in [1.807, 2.05) is 59.5 Å². The lowest BCUT2D eigenvalue weighted by Gasteiger charge is -2.24. The average molecular weight is 348 g/mol. The molecule has 1 aliphatic rings. The number of carbonyl (C=O) groups is 1. The summed E-state index contributed by atoms with van der Waals surface area (Å²) >= 11 is 0. The van der Waals surface area contributed by atoms with E-state index in [1.54, 1.807) is 7.11 Å². The van der Waals surface area contributed by atoms with Crippen LogP contribution in [0, 0.1) is 0 Å². The van der Waals surface area contributed by atoms with Gasteiger partial charge in [-0.2, -0.15) is 9.90 Å². The van der Waals surface area contributed by atoms with Crippen LogP contribution in [0.2, 0.25) is 0 Å². The smallest absolute Gasteiger partial charge is 0.276 e. The van der Waals surface area contributed by atoms with Crippen molar-refractivity contribution < 1.29 is 9.53 Å². The van der Waals surface area contributed by atoms with Crippen LogP contribution in [0.3, 0.4) is 0 Å². The molecule has 0 spiro atoms. The van der Waals surface area contributed by atoms with Gasteiger partial charge >= 0.3 is 0 Å². The predicted molar refractivity (Wildman–Crippen MR) is 97.4 cm³/mol. The summed E-state index contributed by atoms with van der Waals surface area (Å²) in [6.45, 7) is 0.721. The van der Waals surface area contributed by atoms with Crippen molar-refractivity contribution in [2.24, 2.45) is 0 Å². The average Bonchev–Trinajstić information content (AvgIpc) is 3.38. The van der Waals surface area contributed by atoms with Gasteiger partial charge in [0.05, 0.1) is 25.0 Å². The third-order valence-corrected chi connectivity index (χ3v) is 4.69. The fourth-order valence-corrected chi connectivity index (χ4v) is 3.40. The lowest BCUT2D eigenvalue weighted by atomic mass is 10.0. The standard InChI is InChI=1S/C20H20N4O2/c1-26-17-10-5-7-15(13-17)19-11-6-12-23(19)20(25)18-14-21-24(22-18)16-8-3-2-4-9-16/h2-5,7-10,13-14,19H,6,11-12H2,1H3. The Labute approximate surface area is 152 Å². The molecule has 0 bridgehead atoms. The number of likely N-dealkylation sites (tertiary alicyclic amines) is 1. The van der Waals surface area contributed by atoms with Crippen LogP contribution in [-0.2, 0) is 0 Å². The largest absolute Gasteiger partial charge is 0.497 e. The fourth-order valence-electron chi connectivity index (χ4n) is 3.40. The van der Waals surface area contributed by atoms with Gasteiger partial charge in [0.1, 0.15) is 5.75 Å². The summed E-state index contributed by atoms with van der Waals surface area (Å²) in [5, 5.41) is 8.62. The highest BCUT2D eigenvalue weighted by Crippen LogP contribution is 2.34. The van der Waals surface area contributed by atoms with E-state index in [4.69, 9.17) is 4.74 Å². The van der Waals surface area contributed by atoms with Crippen molar-refractivity contribution in [1.82, 2.24) is 19.9 Å². The van der Waals surface area contributed by atoms with Crippen molar-refractivity contribution >= 4 is 5.91 Å². The lowest BCUT2D eigenvalue weighted by molar-refractivity contribution is 0.0729. The second-order valence-corrected chi connectivity index (χ2v) is 6.29. The summed E-state index contributed by atoms with van der Waals surface area (Å²) in [6.07, 6.45) is 3.45. The quantitative estimate of drug-likeness (QED) is 0.726. The summed E-state index contributed by atoms with van der Waals surface area (Å²) in [6, 6.07) is 17.5. The Bertz CT molecular complexity index is 907. The molecule has 1 aromatic heterocycles. The van der Waals surface area contributed by atoms with Crippen LogP contribution in [0.5, 0.6) is 5.75 Å². The number of rotatable bonds is 4. The SMILES string of the molecule is COc1cccc(C2CCCN2C(=O)c2cnn(-c3ccccc3)n2)c1. The van der Waals surface area contributed by atoms with E-state index in [0.717, 1.165) is 36.4 Å². The van der Waals surface area contributed by atoms with Crippen LogP contribution in [0.4, 0.5) is 0 Å². The predicted octanol–water partition coefficient (Wildman–Crippen LogP) is 3.25. The summed E-state index contributed by atoms with van der Waals surface area (Å²) in [4.78, 5) is 16.4. The Morgan fingerprint density at radius 1 is 1.15 bits per heavy atom. The normalized spacial score (nSPS) is 16.7. The van der Waals surface area contributed by atoms with Crippen molar-refractivity contribution in [2.45, 2.75) is 18.9 Å². The number of methoxy groups -OCH3 is 1. The van der Waals surface area contributed by atoms with Crippen molar-refractivity contribution in [2.75, 3.05) is 13.7 Å². The summed E-state index contributed by atoms with van der Waals surface area (Å²) in [5.41, 5.74) is 2.28. The highest BCUT2D eigenvalue weighted by atomic mass is 16.5. The topological polar surface area (TPSA) is 60.2 Å². The number of benzene rings is 2. The van der Waals surface area contributed by atoms with Crippen molar-refractivity contribution in [3.8, 4) is 11.4 Å². The maximum atomic E-state index is 13.0. The van der Waals surface area contributed by atoms with E-state index in [1.165, 1.54) is 11.0 Å². The summed E-state index contributed by atoms with van der Waals surface area (Å²) in [7, 11) is 1.65. The van der Waals surface area contributed by atoms with Crippen molar-refractivity contribution in [3.05, 3.63) is 72.1 Å². The molecule has 1 unspecified atom stereocenters. The molecular formula is C20H20N4O2. The van der Waals surface area contributed by atoms with Crippen LogP contribution in [0.15, 0.2) is 60.8 Å². The Balaban J connectivity index is 1.58. The molecule has 0 aliphatic carbocycles. The molecule has 26 heavy (non-hydrogen) atoms. The zero-order valence-corrected chi connectivity index (χ0v) is 14.6. The van der Waals surface area contributed by atoms with Gasteiger partial charge in [-0.05, 0) is 42.7 Å². The van der Waals surface area contributed by atoms with Gasteiger partial charge in [-0.15, -0.1) is 5.10 Å². The number of hydrogen-bond acceptors (Lipinski definition) is 4. The third kappa shape index (κ3) is 3.06. The van der Waals surface area contributed by atoms with Gasteiger partial charge in [0.25, 0.3) is 5.91 Å². The van der Waals surface area contributed by atoms with E-state index in [2.05, 4.69) is 10.2 Å². The van der Waals surface area contributed by atoms with Crippen molar-refractivity contribution in [1.29, 1.82) is 0 Å². The molecule has 0 radical (unpaired) electrons. The van der Waals surface area contributed by atoms with Crippen LogP contribution in [0.1, 0.15) is 34.9 Å². The first-order chi connectivity index (χ1) is 12.8. The first-order valence-electron chi connectivity index (χ1n) is 8.69. The molecule has 6 heteroatoms. The monoisotopic (exact) mass is 348 g/mol. The summed E-state index contributed by atoms with van der Waals surface area (Å²) < 4.78 is 5.32. The Morgan fingerprint density at radius 3 is 2.81 bits per heavy atom. The highest BCUT2D eigenvalue weighted by Gasteiger charge is 2.32. The van der Waals surface area contributed by atoms with Gasteiger partial charge in [-0.1, -0.05) is 30.3 Å². The Hall–Kier alpha value is -3.15. The molecule has 2 aromatic carbocycles. The molecule has 3 aromatic rings. The number of ether oxygens (including phenoxy) is 1. The fraction of sp³-hybridized carbons (Fsp3) is 0.250. The van der Waals surface area contributed by atoms with Crippen LogP contribution in [0.25, 0.3) is 5.69 Å². The molecule has 0 saturated carbocycles. The minimum absolute atomic E-state index is 0.0412. The van der Waals surface area contributed by atoms with Crippen LogP contribution in [-0.4, -0.2) is 39.5 Å². The molecule has 2 heterocycles. The highest BCUT2D eigenvalue weighted by molar-refractivity contribution is 5.92. The molecule has 4 rings (SSSR count). The van der Waals surface area contributed by atoms with Gasteiger partial charge in [-0.3, -0.25) is 4.79 Å². The zero-order chi connectivity index (χ0) is 17.9. The number of hydrogen-bond donors (Lipinski definition) is 0. The van der Waals surface area contributed by atoms with Crippen molar-refractivity contribution in [3.63, 3.8) is 0 Å². The molecule has 1 fully saturated rings. The minimum atomic E-state index is -0.0856. The van der Waals surface area contributed by atoms with Gasteiger partial charge in [-0.25, -0.2) is 0 Å². The molecule has 132 valence electrons. The van der Waals surface area contributed by atoms with Gasteiger partial charge < -0.3 is 9.64 Å². The first-order valence-corrected chi connectivity index (χ1v) is 8.69. The molecular weight excluding hydrogens is 328 g/mol. The number of aromatic nitrogens is 3. The molecule has 0 N–H and O–H groups in total. The first kappa shape index (κ1) is 16.3. The summed E-state index contributed by atoms with van der Waals surface area (Å²) in [5.74, 6) is 0.717. The Kier molecular flexibility index (Phi) is 4.39. The number of amides is 1. The zero-order valence-electron chi connectivity index (χ0n) is 14.6. The van der Waals surface area contributed by atoms with Crippen LogP contribution >= 0.6 is 0 Å².